The molecule has 0 atom stereocenters. The van der Waals surface area contributed by atoms with Crippen molar-refractivity contribution in [1.29, 1.82) is 0 Å². The number of hydrogen-bond acceptors (Lipinski definition) is 3. The summed E-state index contributed by atoms with van der Waals surface area (Å²) in [6.07, 6.45) is 5.04. The highest BCUT2D eigenvalue weighted by Gasteiger charge is 2.18. The molecule has 0 fully saturated rings. The zero-order valence-corrected chi connectivity index (χ0v) is 15.8. The minimum absolute atomic E-state index is 0.195. The van der Waals surface area contributed by atoms with Crippen LogP contribution in [-0.2, 0) is 10.5 Å². The number of hydrogen-bond donors (Lipinski definition) is 2. The summed E-state index contributed by atoms with van der Waals surface area (Å²) in [6, 6.07) is 15.7. The van der Waals surface area contributed by atoms with Crippen molar-refractivity contribution in [2.24, 2.45) is 0 Å². The maximum atomic E-state index is 12.5. The Hall–Kier alpha value is -2.66. The molecule has 2 heterocycles. The molecule has 1 amide bonds. The van der Waals surface area contributed by atoms with Crippen LogP contribution in [0.15, 0.2) is 60.8 Å². The number of fused-ring (bicyclic) bond motifs is 1. The van der Waals surface area contributed by atoms with Crippen molar-refractivity contribution in [1.82, 2.24) is 9.88 Å². The van der Waals surface area contributed by atoms with Crippen molar-refractivity contribution in [3.05, 3.63) is 71.9 Å². The third-order valence-corrected chi connectivity index (χ3v) is 5.91. The van der Waals surface area contributed by atoms with Crippen LogP contribution in [0, 0.1) is 0 Å². The number of benzene rings is 2. The molecule has 0 saturated heterocycles. The largest absolute Gasteiger partial charge is 0.508 e. The molecule has 4 rings (SSSR count). The molecular weight excluding hydrogens is 356 g/mol. The number of phenols is 1. The predicted octanol–water partition coefficient (Wildman–Crippen LogP) is 4.42. The number of phenolic OH excluding ortho intramolecular Hbond substituents is 1. The lowest BCUT2D eigenvalue weighted by molar-refractivity contribution is -0.127. The van der Waals surface area contributed by atoms with Crippen LogP contribution in [0.1, 0.15) is 17.5 Å². The maximum Gasteiger partial charge on any atom is 0.232 e. The molecule has 0 radical (unpaired) electrons. The van der Waals surface area contributed by atoms with Gasteiger partial charge in [-0.3, -0.25) is 4.79 Å². The van der Waals surface area contributed by atoms with E-state index in [0.717, 1.165) is 35.2 Å². The van der Waals surface area contributed by atoms with Gasteiger partial charge < -0.3 is 15.0 Å². The molecule has 0 aliphatic carbocycles. The predicted molar refractivity (Wildman–Crippen MR) is 112 cm³/mol. The van der Waals surface area contributed by atoms with E-state index in [1.807, 2.05) is 23.2 Å². The van der Waals surface area contributed by atoms with Crippen LogP contribution in [0.3, 0.4) is 0 Å². The van der Waals surface area contributed by atoms with Gasteiger partial charge in [0.25, 0.3) is 0 Å². The molecule has 2 aromatic carbocycles. The standard InChI is InChI=1S/C22H22N2O2S/c25-19-6-7-20-18(13-23-21(20)12-19)14-27-15-22(26)24-10-8-17(9-11-24)16-4-2-1-3-5-16/h1-8,12-13,23,25H,9-11,14-15H2. The Morgan fingerprint density at radius 3 is 2.81 bits per heavy atom. The lowest BCUT2D eigenvalue weighted by atomic mass is 10.00. The van der Waals surface area contributed by atoms with Crippen molar-refractivity contribution < 1.29 is 9.90 Å². The van der Waals surface area contributed by atoms with Crippen molar-refractivity contribution in [3.63, 3.8) is 0 Å². The molecule has 5 heteroatoms. The van der Waals surface area contributed by atoms with E-state index in [1.165, 1.54) is 11.1 Å². The molecule has 2 N–H and O–H groups in total. The van der Waals surface area contributed by atoms with Gasteiger partial charge in [-0.2, -0.15) is 0 Å². The van der Waals surface area contributed by atoms with Crippen LogP contribution >= 0.6 is 11.8 Å². The molecular formula is C22H22N2O2S. The minimum Gasteiger partial charge on any atom is -0.508 e. The number of carbonyl (C=O) groups is 1. The number of aromatic amines is 1. The quantitative estimate of drug-likeness (QED) is 0.691. The second-order valence-electron chi connectivity index (χ2n) is 6.72. The minimum atomic E-state index is 0.195. The van der Waals surface area contributed by atoms with Crippen LogP contribution in [0.5, 0.6) is 5.75 Å². The van der Waals surface area contributed by atoms with E-state index in [9.17, 15) is 9.90 Å². The second kappa shape index (κ2) is 7.92. The van der Waals surface area contributed by atoms with E-state index >= 15 is 0 Å². The highest BCUT2D eigenvalue weighted by Crippen LogP contribution is 2.26. The number of carbonyl (C=O) groups excluding carboxylic acids is 1. The lowest BCUT2D eigenvalue weighted by Crippen LogP contribution is -2.35. The molecule has 4 nitrogen and oxygen atoms in total. The summed E-state index contributed by atoms with van der Waals surface area (Å²) >= 11 is 1.63. The third-order valence-electron chi connectivity index (χ3n) is 4.94. The SMILES string of the molecule is O=C(CSCc1c[nH]c2cc(O)ccc12)N1CC=C(c2ccccc2)CC1. The number of aromatic hydroxyl groups is 1. The van der Waals surface area contributed by atoms with E-state index in [4.69, 9.17) is 0 Å². The van der Waals surface area contributed by atoms with E-state index < -0.39 is 0 Å². The Morgan fingerprint density at radius 2 is 2.04 bits per heavy atom. The highest BCUT2D eigenvalue weighted by molar-refractivity contribution is 7.99. The van der Waals surface area contributed by atoms with Gasteiger partial charge in [-0.05, 0) is 35.3 Å². The molecule has 0 saturated carbocycles. The van der Waals surface area contributed by atoms with Crippen molar-refractivity contribution in [2.75, 3.05) is 18.8 Å². The van der Waals surface area contributed by atoms with Gasteiger partial charge in [-0.1, -0.05) is 36.4 Å². The lowest BCUT2D eigenvalue weighted by Gasteiger charge is -2.26. The molecule has 1 aliphatic heterocycles. The Kier molecular flexibility index (Phi) is 5.21. The Morgan fingerprint density at radius 1 is 1.19 bits per heavy atom. The Balaban J connectivity index is 1.30. The van der Waals surface area contributed by atoms with Crippen LogP contribution in [0.2, 0.25) is 0 Å². The molecule has 1 aromatic heterocycles. The summed E-state index contributed by atoms with van der Waals surface area (Å²) in [5.74, 6) is 1.71. The topological polar surface area (TPSA) is 56.3 Å². The van der Waals surface area contributed by atoms with Gasteiger partial charge in [-0.25, -0.2) is 0 Å². The van der Waals surface area contributed by atoms with Crippen LogP contribution in [0.25, 0.3) is 16.5 Å². The van der Waals surface area contributed by atoms with Gasteiger partial charge >= 0.3 is 0 Å². The Labute approximate surface area is 162 Å². The van der Waals surface area contributed by atoms with Crippen LogP contribution in [-0.4, -0.2) is 39.7 Å². The second-order valence-corrected chi connectivity index (χ2v) is 7.71. The van der Waals surface area contributed by atoms with Gasteiger partial charge in [0, 0.05) is 42.0 Å². The molecule has 1 aliphatic rings. The molecule has 0 bridgehead atoms. The first-order chi connectivity index (χ1) is 13.2. The summed E-state index contributed by atoms with van der Waals surface area (Å²) in [4.78, 5) is 17.6. The number of nitrogens with one attached hydrogen (secondary N) is 1. The van der Waals surface area contributed by atoms with Crippen molar-refractivity contribution in [2.45, 2.75) is 12.2 Å². The monoisotopic (exact) mass is 378 g/mol. The summed E-state index contributed by atoms with van der Waals surface area (Å²) in [7, 11) is 0. The van der Waals surface area contributed by atoms with Gasteiger partial charge in [-0.15, -0.1) is 11.8 Å². The first-order valence-electron chi connectivity index (χ1n) is 9.09. The molecule has 0 unspecified atom stereocenters. The van der Waals surface area contributed by atoms with Crippen LogP contribution < -0.4 is 0 Å². The number of amides is 1. The third kappa shape index (κ3) is 4.03. The highest BCUT2D eigenvalue weighted by atomic mass is 32.2. The average molecular weight is 378 g/mol. The van der Waals surface area contributed by atoms with Gasteiger partial charge in [0.15, 0.2) is 0 Å². The molecule has 138 valence electrons. The average Bonchev–Trinajstić information content (AvgIpc) is 3.10. The van der Waals surface area contributed by atoms with E-state index in [1.54, 1.807) is 23.9 Å². The summed E-state index contributed by atoms with van der Waals surface area (Å²) < 4.78 is 0. The maximum absolute atomic E-state index is 12.5. The fourth-order valence-electron chi connectivity index (χ4n) is 3.44. The van der Waals surface area contributed by atoms with Gasteiger partial charge in [0.05, 0.1) is 5.75 Å². The number of H-pyrrole nitrogens is 1. The molecule has 3 aromatic rings. The van der Waals surface area contributed by atoms with E-state index in [0.29, 0.717) is 12.3 Å². The summed E-state index contributed by atoms with van der Waals surface area (Å²) in [5, 5.41) is 10.6. The zero-order chi connectivity index (χ0) is 18.6. The fraction of sp³-hybridized carbons (Fsp3) is 0.227. The normalized spacial score (nSPS) is 14.4. The number of rotatable bonds is 5. The zero-order valence-electron chi connectivity index (χ0n) is 15.0. The first-order valence-corrected chi connectivity index (χ1v) is 10.2. The number of thioether (sulfide) groups is 1. The summed E-state index contributed by atoms with van der Waals surface area (Å²) in [5.41, 5.74) is 4.66. The van der Waals surface area contributed by atoms with Crippen LogP contribution in [0.4, 0.5) is 0 Å². The summed E-state index contributed by atoms with van der Waals surface area (Å²) in [6.45, 7) is 1.47. The van der Waals surface area contributed by atoms with Crippen molar-refractivity contribution >= 4 is 34.1 Å². The fourth-order valence-corrected chi connectivity index (χ4v) is 4.36. The van der Waals surface area contributed by atoms with Gasteiger partial charge in [0.2, 0.25) is 5.91 Å². The molecule has 27 heavy (non-hydrogen) atoms. The van der Waals surface area contributed by atoms with Gasteiger partial charge in [0.1, 0.15) is 5.75 Å². The number of nitrogens with zero attached hydrogens (tertiary/aromatic N) is 1. The van der Waals surface area contributed by atoms with E-state index in [2.05, 4.69) is 35.3 Å². The first kappa shape index (κ1) is 17.7. The van der Waals surface area contributed by atoms with E-state index in [-0.39, 0.29) is 11.7 Å². The smallest absolute Gasteiger partial charge is 0.232 e. The molecule has 0 spiro atoms. The Bertz CT molecular complexity index is 978. The number of aromatic nitrogens is 1. The van der Waals surface area contributed by atoms with Crippen molar-refractivity contribution in [3.8, 4) is 5.75 Å².